The smallest absolute Gasteiger partial charge is 0.311 e. The Kier molecular flexibility index (Phi) is 2.96. The molecular weight excluding hydrogens is 276 g/mol. The van der Waals surface area contributed by atoms with Gasteiger partial charge in [-0.1, -0.05) is 28.1 Å². The van der Waals surface area contributed by atoms with E-state index in [1.165, 1.54) is 0 Å². The normalized spacial score (nSPS) is 24.2. The number of rotatable bonds is 2. The molecule has 2 rings (SSSR count). The number of hydrogen-bond donors (Lipinski definition) is 1. The van der Waals surface area contributed by atoms with E-state index in [0.717, 1.165) is 4.47 Å². The summed E-state index contributed by atoms with van der Waals surface area (Å²) in [6.45, 7) is 0. The van der Waals surface area contributed by atoms with E-state index in [1.807, 2.05) is 0 Å². The van der Waals surface area contributed by atoms with Gasteiger partial charge in [-0.25, -0.2) is 0 Å². The number of carbonyl (C=O) groups excluding carboxylic acids is 1. The summed E-state index contributed by atoms with van der Waals surface area (Å²) in [5, 5.41) is 8.98. The van der Waals surface area contributed by atoms with Gasteiger partial charge in [-0.15, -0.1) is 0 Å². The molecule has 0 aromatic heterocycles. The van der Waals surface area contributed by atoms with Crippen molar-refractivity contribution < 1.29 is 19.4 Å². The molecule has 1 aliphatic heterocycles. The summed E-state index contributed by atoms with van der Waals surface area (Å²) in [5.74, 6) is -2.24. The van der Waals surface area contributed by atoms with Crippen molar-refractivity contribution in [1.82, 2.24) is 0 Å². The Morgan fingerprint density at radius 3 is 2.56 bits per heavy atom. The SMILES string of the molecule is O=C1C[C@@H](C(=O)O)[C@H](c2ccc(Br)cc2)O1. The lowest BCUT2D eigenvalue weighted by atomic mass is 9.95. The molecule has 0 radical (unpaired) electrons. The molecule has 1 aromatic rings. The van der Waals surface area contributed by atoms with Crippen molar-refractivity contribution in [2.45, 2.75) is 12.5 Å². The number of hydrogen-bond acceptors (Lipinski definition) is 3. The number of cyclic esters (lactones) is 1. The van der Waals surface area contributed by atoms with Gasteiger partial charge in [0.1, 0.15) is 12.0 Å². The van der Waals surface area contributed by atoms with E-state index in [2.05, 4.69) is 15.9 Å². The lowest BCUT2D eigenvalue weighted by Crippen LogP contribution is -2.17. The molecule has 0 unspecified atom stereocenters. The number of ether oxygens (including phenoxy) is 1. The van der Waals surface area contributed by atoms with Crippen molar-refractivity contribution in [1.29, 1.82) is 0 Å². The van der Waals surface area contributed by atoms with E-state index in [1.54, 1.807) is 24.3 Å². The van der Waals surface area contributed by atoms with E-state index in [-0.39, 0.29) is 6.42 Å². The largest absolute Gasteiger partial charge is 0.481 e. The quantitative estimate of drug-likeness (QED) is 0.845. The van der Waals surface area contributed by atoms with Gasteiger partial charge in [-0.05, 0) is 17.7 Å². The number of esters is 1. The third-order valence-electron chi connectivity index (χ3n) is 2.53. The molecule has 1 N–H and O–H groups in total. The molecule has 1 heterocycles. The van der Waals surface area contributed by atoms with Gasteiger partial charge in [0, 0.05) is 4.47 Å². The second kappa shape index (κ2) is 4.25. The number of carboxylic acids is 1. The third kappa shape index (κ3) is 2.09. The highest BCUT2D eigenvalue weighted by Gasteiger charge is 2.40. The zero-order chi connectivity index (χ0) is 11.7. The Balaban J connectivity index is 2.28. The fourth-order valence-electron chi connectivity index (χ4n) is 1.73. The zero-order valence-corrected chi connectivity index (χ0v) is 9.81. The van der Waals surface area contributed by atoms with Gasteiger partial charge >= 0.3 is 11.9 Å². The van der Waals surface area contributed by atoms with Gasteiger partial charge < -0.3 is 9.84 Å². The first-order chi connectivity index (χ1) is 7.58. The highest BCUT2D eigenvalue weighted by molar-refractivity contribution is 9.10. The molecule has 5 heteroatoms. The molecule has 84 valence electrons. The van der Waals surface area contributed by atoms with E-state index in [0.29, 0.717) is 5.56 Å². The second-order valence-electron chi connectivity index (χ2n) is 3.61. The van der Waals surface area contributed by atoms with Crippen LogP contribution in [0.25, 0.3) is 0 Å². The molecule has 1 saturated heterocycles. The third-order valence-corrected chi connectivity index (χ3v) is 3.05. The summed E-state index contributed by atoms with van der Waals surface area (Å²) < 4.78 is 5.92. The van der Waals surface area contributed by atoms with Crippen LogP contribution in [-0.2, 0) is 14.3 Å². The summed E-state index contributed by atoms with van der Waals surface area (Å²) in [4.78, 5) is 22.1. The van der Waals surface area contributed by atoms with E-state index in [9.17, 15) is 9.59 Å². The minimum Gasteiger partial charge on any atom is -0.481 e. The number of carboxylic acid groups (broad SMARTS) is 1. The number of halogens is 1. The maximum atomic E-state index is 11.1. The molecule has 2 atom stereocenters. The summed E-state index contributed by atoms with van der Waals surface area (Å²) >= 11 is 3.29. The predicted octanol–water partition coefficient (Wildman–Crippen LogP) is 2.14. The highest BCUT2D eigenvalue weighted by Crippen LogP contribution is 2.35. The monoisotopic (exact) mass is 284 g/mol. The maximum Gasteiger partial charge on any atom is 0.311 e. The lowest BCUT2D eigenvalue weighted by molar-refractivity contribution is -0.144. The van der Waals surface area contributed by atoms with Gasteiger partial charge in [0.15, 0.2) is 0 Å². The Labute approximate surface area is 100 Å². The fourth-order valence-corrected chi connectivity index (χ4v) is 1.99. The summed E-state index contributed by atoms with van der Waals surface area (Å²) in [5.41, 5.74) is 0.710. The van der Waals surface area contributed by atoms with E-state index in [4.69, 9.17) is 9.84 Å². The van der Waals surface area contributed by atoms with Crippen LogP contribution in [0.1, 0.15) is 18.1 Å². The average molecular weight is 285 g/mol. The molecule has 0 spiro atoms. The summed E-state index contributed by atoms with van der Waals surface area (Å²) in [6, 6.07) is 7.09. The van der Waals surface area contributed by atoms with Crippen LogP contribution in [0.15, 0.2) is 28.7 Å². The molecule has 16 heavy (non-hydrogen) atoms. The summed E-state index contributed by atoms with van der Waals surface area (Å²) in [6.07, 6.45) is -0.728. The van der Waals surface area contributed by atoms with Gasteiger partial charge in [0.25, 0.3) is 0 Å². The number of benzene rings is 1. The van der Waals surface area contributed by atoms with Crippen molar-refractivity contribution in [2.75, 3.05) is 0 Å². The highest BCUT2D eigenvalue weighted by atomic mass is 79.9. The van der Waals surface area contributed by atoms with Crippen molar-refractivity contribution >= 4 is 27.9 Å². The Bertz CT molecular complexity index is 426. The minimum atomic E-state index is -1.00. The zero-order valence-electron chi connectivity index (χ0n) is 8.22. The molecule has 0 saturated carbocycles. The van der Waals surface area contributed by atoms with Crippen LogP contribution < -0.4 is 0 Å². The predicted molar refractivity (Wildman–Crippen MR) is 58.7 cm³/mol. The molecule has 0 aliphatic carbocycles. The molecule has 1 aliphatic rings. The molecule has 4 nitrogen and oxygen atoms in total. The van der Waals surface area contributed by atoms with Gasteiger partial charge in [-0.3, -0.25) is 9.59 Å². The molecular formula is C11H9BrO4. The standard InChI is InChI=1S/C11H9BrO4/c12-7-3-1-6(2-4-7)10-8(11(14)15)5-9(13)16-10/h1-4,8,10H,5H2,(H,14,15)/t8-,10+/m1/s1. The van der Waals surface area contributed by atoms with Crippen LogP contribution in [0.4, 0.5) is 0 Å². The van der Waals surface area contributed by atoms with E-state index >= 15 is 0 Å². The first-order valence-electron chi connectivity index (χ1n) is 4.75. The van der Waals surface area contributed by atoms with Crippen molar-refractivity contribution in [3.8, 4) is 0 Å². The van der Waals surface area contributed by atoms with Crippen LogP contribution >= 0.6 is 15.9 Å². The van der Waals surface area contributed by atoms with E-state index < -0.39 is 24.0 Å². The fraction of sp³-hybridized carbons (Fsp3) is 0.273. The van der Waals surface area contributed by atoms with Crippen LogP contribution in [0.5, 0.6) is 0 Å². The second-order valence-corrected chi connectivity index (χ2v) is 4.53. The number of carbonyl (C=O) groups is 2. The number of aliphatic carboxylic acids is 1. The minimum absolute atomic E-state index is 0.0595. The Hall–Kier alpha value is -1.36. The molecule has 1 aromatic carbocycles. The average Bonchev–Trinajstić information content (AvgIpc) is 2.61. The Morgan fingerprint density at radius 2 is 2.00 bits per heavy atom. The first kappa shape index (κ1) is 11.1. The van der Waals surface area contributed by atoms with Crippen LogP contribution in [-0.4, -0.2) is 17.0 Å². The molecule has 1 fully saturated rings. The lowest BCUT2D eigenvalue weighted by Gasteiger charge is -2.14. The molecule has 0 bridgehead atoms. The van der Waals surface area contributed by atoms with Crippen molar-refractivity contribution in [3.05, 3.63) is 34.3 Å². The van der Waals surface area contributed by atoms with Gasteiger partial charge in [-0.2, -0.15) is 0 Å². The van der Waals surface area contributed by atoms with Gasteiger partial charge in [0.2, 0.25) is 0 Å². The van der Waals surface area contributed by atoms with Crippen LogP contribution in [0.3, 0.4) is 0 Å². The Morgan fingerprint density at radius 1 is 1.38 bits per heavy atom. The van der Waals surface area contributed by atoms with Gasteiger partial charge in [0.05, 0.1) is 6.42 Å². The topological polar surface area (TPSA) is 63.6 Å². The van der Waals surface area contributed by atoms with Crippen LogP contribution in [0.2, 0.25) is 0 Å². The summed E-state index contributed by atoms with van der Waals surface area (Å²) in [7, 11) is 0. The molecule has 0 amide bonds. The van der Waals surface area contributed by atoms with Crippen molar-refractivity contribution in [2.24, 2.45) is 5.92 Å². The van der Waals surface area contributed by atoms with Crippen molar-refractivity contribution in [3.63, 3.8) is 0 Å². The van der Waals surface area contributed by atoms with Crippen LogP contribution in [0, 0.1) is 5.92 Å². The first-order valence-corrected chi connectivity index (χ1v) is 5.55. The maximum absolute atomic E-state index is 11.1.